The van der Waals surface area contributed by atoms with Gasteiger partial charge in [-0.2, -0.15) is 0 Å². The van der Waals surface area contributed by atoms with E-state index in [1.165, 1.54) is 5.56 Å². The molecule has 0 aliphatic rings. The molecule has 3 aromatic rings. The van der Waals surface area contributed by atoms with E-state index in [1.807, 2.05) is 36.4 Å². The number of hydrogen-bond acceptors (Lipinski definition) is 0. The minimum absolute atomic E-state index is 0.464. The fraction of sp³-hybridized carbons (Fsp3) is 0.150. The Morgan fingerprint density at radius 2 is 1.04 bits per heavy atom. The van der Waals surface area contributed by atoms with Gasteiger partial charge in [0.05, 0.1) is 11.1 Å². The molecular formula is C20H19BF4O. The van der Waals surface area contributed by atoms with Crippen molar-refractivity contribution in [3.63, 3.8) is 0 Å². The lowest BCUT2D eigenvalue weighted by atomic mass is 10.00. The molecule has 1 nitrogen and oxygen atoms in total. The number of halogens is 4. The van der Waals surface area contributed by atoms with Crippen LogP contribution in [-0.4, -0.2) is 7.25 Å². The highest BCUT2D eigenvalue weighted by molar-refractivity contribution is 6.50. The summed E-state index contributed by atoms with van der Waals surface area (Å²) in [5, 5.41) is 0. The second-order valence-electron chi connectivity index (χ2n) is 6.00. The Kier molecular flexibility index (Phi) is 6.55. The third-order valence-corrected chi connectivity index (χ3v) is 3.60. The first kappa shape index (κ1) is 19.7. The van der Waals surface area contributed by atoms with Gasteiger partial charge in [0.1, 0.15) is 0 Å². The van der Waals surface area contributed by atoms with Crippen LogP contribution in [0.5, 0.6) is 0 Å². The molecule has 0 saturated heterocycles. The minimum Gasteiger partial charge on any atom is -0.418 e. The third-order valence-electron chi connectivity index (χ3n) is 3.60. The van der Waals surface area contributed by atoms with Crippen molar-refractivity contribution in [1.29, 1.82) is 0 Å². The van der Waals surface area contributed by atoms with Crippen molar-refractivity contribution in [3.8, 4) is 22.6 Å². The molecule has 136 valence electrons. The summed E-state index contributed by atoms with van der Waals surface area (Å²) in [7, 11) is -6.00. The van der Waals surface area contributed by atoms with E-state index in [2.05, 4.69) is 50.2 Å². The van der Waals surface area contributed by atoms with Crippen molar-refractivity contribution in [2.45, 2.75) is 19.8 Å². The van der Waals surface area contributed by atoms with Crippen LogP contribution in [0.1, 0.15) is 25.3 Å². The van der Waals surface area contributed by atoms with Gasteiger partial charge >= 0.3 is 18.8 Å². The van der Waals surface area contributed by atoms with Crippen molar-refractivity contribution < 1.29 is 21.7 Å². The van der Waals surface area contributed by atoms with Gasteiger partial charge in [-0.3, -0.25) is 0 Å². The second kappa shape index (κ2) is 8.65. The van der Waals surface area contributed by atoms with Crippen LogP contribution in [0.3, 0.4) is 0 Å². The van der Waals surface area contributed by atoms with Crippen LogP contribution in [0.2, 0.25) is 0 Å². The van der Waals surface area contributed by atoms with E-state index in [1.54, 1.807) is 0 Å². The van der Waals surface area contributed by atoms with E-state index in [-0.39, 0.29) is 0 Å². The molecule has 6 heteroatoms. The summed E-state index contributed by atoms with van der Waals surface area (Å²) in [6.45, 7) is 4.41. The largest absolute Gasteiger partial charge is 0.673 e. The molecule has 0 bridgehead atoms. The molecule has 0 saturated carbocycles. The molecule has 26 heavy (non-hydrogen) atoms. The summed E-state index contributed by atoms with van der Waals surface area (Å²) in [4.78, 5) is 0. The highest BCUT2D eigenvalue weighted by Gasteiger charge is 2.21. The molecule has 0 aliphatic carbocycles. The van der Waals surface area contributed by atoms with Crippen LogP contribution >= 0.6 is 0 Å². The zero-order chi connectivity index (χ0) is 19.2. The van der Waals surface area contributed by atoms with Crippen LogP contribution in [0.4, 0.5) is 17.3 Å². The molecule has 0 spiro atoms. The summed E-state index contributed by atoms with van der Waals surface area (Å²) in [6, 6.07) is 24.8. The number of benzene rings is 2. The normalized spacial score (nSPS) is 11.0. The monoisotopic (exact) mass is 362 g/mol. The zero-order valence-corrected chi connectivity index (χ0v) is 14.5. The topological polar surface area (TPSA) is 11.3 Å². The Morgan fingerprint density at radius 1 is 0.692 bits per heavy atom. The average molecular weight is 362 g/mol. The molecule has 1 aromatic heterocycles. The SMILES string of the molecule is CC(C)c1cc(-c2ccccc2)[o+]c(-c2ccccc2)c1.F[B-](F)(F)F. The maximum Gasteiger partial charge on any atom is 0.673 e. The zero-order valence-electron chi connectivity index (χ0n) is 14.5. The molecule has 0 amide bonds. The highest BCUT2D eigenvalue weighted by atomic mass is 19.5. The lowest BCUT2D eigenvalue weighted by Crippen LogP contribution is -2.02. The maximum absolute atomic E-state index is 9.75. The molecule has 0 aliphatic heterocycles. The molecule has 0 unspecified atom stereocenters. The number of hydrogen-bond donors (Lipinski definition) is 0. The molecule has 2 aromatic carbocycles. The molecule has 0 fully saturated rings. The van der Waals surface area contributed by atoms with Gasteiger partial charge in [-0.25, -0.2) is 4.42 Å². The van der Waals surface area contributed by atoms with Gasteiger partial charge in [0, 0.05) is 12.1 Å². The second-order valence-corrected chi connectivity index (χ2v) is 6.00. The predicted molar refractivity (Wildman–Crippen MR) is 98.3 cm³/mol. The lowest BCUT2D eigenvalue weighted by molar-refractivity contribution is 0.368. The van der Waals surface area contributed by atoms with Gasteiger partial charge in [0.25, 0.3) is 0 Å². The Hall–Kier alpha value is -2.63. The number of rotatable bonds is 3. The van der Waals surface area contributed by atoms with Gasteiger partial charge < -0.3 is 17.3 Å². The van der Waals surface area contributed by atoms with Gasteiger partial charge in [0.2, 0.25) is 0 Å². The summed E-state index contributed by atoms with van der Waals surface area (Å²) in [5.74, 6) is 2.30. The van der Waals surface area contributed by atoms with Gasteiger partial charge in [-0.1, -0.05) is 50.2 Å². The Labute approximate surface area is 150 Å². The average Bonchev–Trinajstić information content (AvgIpc) is 2.61. The Balaban J connectivity index is 0.000000431. The molecule has 0 N–H and O–H groups in total. The van der Waals surface area contributed by atoms with E-state index in [9.17, 15) is 17.3 Å². The standard InChI is InChI=1S/C20H19O.BF4/c1-15(2)18-13-19(16-9-5-3-6-10-16)21-20(14-18)17-11-7-4-8-12-17;2-1(3,4)5/h3-15H,1-2H3;/q+1;-1. The summed E-state index contributed by atoms with van der Waals surface area (Å²) in [5.41, 5.74) is 3.51. The van der Waals surface area contributed by atoms with E-state index >= 15 is 0 Å². The lowest BCUT2D eigenvalue weighted by Gasteiger charge is -2.04. The quantitative estimate of drug-likeness (QED) is 0.270. The first-order valence-electron chi connectivity index (χ1n) is 8.20. The highest BCUT2D eigenvalue weighted by Crippen LogP contribution is 2.30. The van der Waals surface area contributed by atoms with E-state index in [0.717, 1.165) is 22.6 Å². The molecule has 0 atom stereocenters. The van der Waals surface area contributed by atoms with Crippen LogP contribution < -0.4 is 0 Å². The van der Waals surface area contributed by atoms with Gasteiger partial charge in [0.15, 0.2) is 0 Å². The van der Waals surface area contributed by atoms with Crippen molar-refractivity contribution in [3.05, 3.63) is 78.4 Å². The summed E-state index contributed by atoms with van der Waals surface area (Å²) < 4.78 is 45.1. The van der Waals surface area contributed by atoms with Crippen molar-refractivity contribution in [2.75, 3.05) is 0 Å². The Morgan fingerprint density at radius 3 is 1.35 bits per heavy atom. The smallest absolute Gasteiger partial charge is 0.418 e. The predicted octanol–water partition coefficient (Wildman–Crippen LogP) is 7.32. The first-order chi connectivity index (χ1) is 12.2. The van der Waals surface area contributed by atoms with E-state index < -0.39 is 7.25 Å². The van der Waals surface area contributed by atoms with Crippen LogP contribution in [0, 0.1) is 0 Å². The van der Waals surface area contributed by atoms with E-state index in [4.69, 9.17) is 4.42 Å². The fourth-order valence-corrected chi connectivity index (χ4v) is 2.34. The Bertz CT molecular complexity index is 754. The summed E-state index contributed by atoms with van der Waals surface area (Å²) in [6.07, 6.45) is 0. The van der Waals surface area contributed by atoms with Crippen molar-refractivity contribution in [2.24, 2.45) is 0 Å². The maximum atomic E-state index is 9.75. The van der Waals surface area contributed by atoms with Crippen LogP contribution in [0.25, 0.3) is 22.6 Å². The van der Waals surface area contributed by atoms with Crippen LogP contribution in [-0.2, 0) is 0 Å². The first-order valence-corrected chi connectivity index (χ1v) is 8.20. The van der Waals surface area contributed by atoms with E-state index in [0.29, 0.717) is 5.92 Å². The molecular weight excluding hydrogens is 343 g/mol. The molecule has 1 heterocycles. The van der Waals surface area contributed by atoms with Crippen molar-refractivity contribution in [1.82, 2.24) is 0 Å². The van der Waals surface area contributed by atoms with Gasteiger partial charge in [-0.05, 0) is 35.7 Å². The fourth-order valence-electron chi connectivity index (χ4n) is 2.34. The van der Waals surface area contributed by atoms with Gasteiger partial charge in [-0.15, -0.1) is 0 Å². The summed E-state index contributed by atoms with van der Waals surface area (Å²) >= 11 is 0. The van der Waals surface area contributed by atoms with Crippen molar-refractivity contribution >= 4 is 7.25 Å². The minimum atomic E-state index is -6.00. The van der Waals surface area contributed by atoms with Crippen LogP contribution in [0.15, 0.2) is 77.2 Å². The molecule has 0 radical (unpaired) electrons. The molecule has 3 rings (SSSR count). The third kappa shape index (κ3) is 6.35.